The van der Waals surface area contributed by atoms with Gasteiger partial charge in [-0.3, -0.25) is 4.79 Å². The van der Waals surface area contributed by atoms with Crippen molar-refractivity contribution < 1.29 is 19.4 Å². The van der Waals surface area contributed by atoms with E-state index in [-0.39, 0.29) is 25.0 Å². The fraction of sp³-hybridized carbons (Fsp3) is 0.400. The van der Waals surface area contributed by atoms with Crippen LogP contribution in [0.15, 0.2) is 36.4 Å². The van der Waals surface area contributed by atoms with Crippen molar-refractivity contribution in [2.24, 2.45) is 0 Å². The van der Waals surface area contributed by atoms with Crippen molar-refractivity contribution in [1.82, 2.24) is 9.88 Å². The summed E-state index contributed by atoms with van der Waals surface area (Å²) in [5.74, 6) is -1.45. The monoisotopic (exact) mass is 358 g/mol. The van der Waals surface area contributed by atoms with Crippen molar-refractivity contribution in [3.63, 3.8) is 0 Å². The Balaban J connectivity index is 2.26. The highest BCUT2D eigenvalue weighted by atomic mass is 16.5. The molecule has 0 aliphatic rings. The van der Waals surface area contributed by atoms with Gasteiger partial charge in [-0.2, -0.15) is 0 Å². The molecule has 1 amide bonds. The topological polar surface area (TPSA) is 80.6 Å². The third kappa shape index (κ3) is 4.32. The number of aromatic nitrogens is 1. The van der Waals surface area contributed by atoms with Crippen molar-refractivity contribution in [1.29, 1.82) is 0 Å². The number of hydrogen-bond acceptors (Lipinski definition) is 3. The molecule has 6 nitrogen and oxygen atoms in total. The van der Waals surface area contributed by atoms with Gasteiger partial charge in [0, 0.05) is 31.5 Å². The van der Waals surface area contributed by atoms with Gasteiger partial charge in [-0.05, 0) is 32.4 Å². The second-order valence-corrected chi connectivity index (χ2v) is 6.39. The van der Waals surface area contributed by atoms with E-state index in [4.69, 9.17) is 4.74 Å². The van der Waals surface area contributed by atoms with Crippen LogP contribution in [0.2, 0.25) is 0 Å². The summed E-state index contributed by atoms with van der Waals surface area (Å²) < 4.78 is 7.01. The predicted molar refractivity (Wildman–Crippen MR) is 99.5 cm³/mol. The molecule has 2 N–H and O–H groups in total. The predicted octanol–water partition coefficient (Wildman–Crippen LogP) is 2.93. The number of aliphatic carboxylic acids is 1. The second kappa shape index (κ2) is 8.67. The van der Waals surface area contributed by atoms with Gasteiger partial charge in [-0.25, -0.2) is 4.79 Å². The highest BCUT2D eigenvalue weighted by molar-refractivity contribution is 5.97. The zero-order valence-corrected chi connectivity index (χ0v) is 15.7. The number of amides is 1. The Morgan fingerprint density at radius 1 is 1.23 bits per heavy atom. The summed E-state index contributed by atoms with van der Waals surface area (Å²) in [6.07, 6.45) is 0.219. The maximum absolute atomic E-state index is 12.6. The van der Waals surface area contributed by atoms with Crippen LogP contribution in [0.25, 0.3) is 0 Å². The van der Waals surface area contributed by atoms with E-state index in [1.54, 1.807) is 6.07 Å². The van der Waals surface area contributed by atoms with E-state index in [1.807, 2.05) is 32.0 Å². The summed E-state index contributed by atoms with van der Waals surface area (Å²) >= 11 is 0. The molecule has 0 aliphatic heterocycles. The van der Waals surface area contributed by atoms with Crippen molar-refractivity contribution in [3.8, 4) is 0 Å². The highest BCUT2D eigenvalue weighted by Gasteiger charge is 2.24. The molecule has 2 aromatic rings. The van der Waals surface area contributed by atoms with Crippen molar-refractivity contribution in [2.75, 3.05) is 13.7 Å². The van der Waals surface area contributed by atoms with Crippen LogP contribution in [0, 0.1) is 13.8 Å². The highest BCUT2D eigenvalue weighted by Crippen LogP contribution is 2.25. The molecule has 2 atom stereocenters. The lowest BCUT2D eigenvalue weighted by molar-refractivity contribution is -0.139. The van der Waals surface area contributed by atoms with Crippen molar-refractivity contribution >= 4 is 11.9 Å². The molecule has 0 saturated carbocycles. The number of carbonyl (C=O) groups excluding carboxylic acids is 1. The average Bonchev–Trinajstić information content (AvgIpc) is 2.92. The first-order valence-corrected chi connectivity index (χ1v) is 8.62. The minimum absolute atomic E-state index is 0.0708. The molecule has 0 fully saturated rings. The summed E-state index contributed by atoms with van der Waals surface area (Å²) in [6, 6.07) is 10.9. The number of aryl methyl sites for hydroxylation is 1. The van der Waals surface area contributed by atoms with Gasteiger partial charge in [0.1, 0.15) is 6.04 Å². The standard InChI is InChI=1S/C20H26N2O4/c1-13-12-17(19(23)21-18(20(24)25)10-11-26-4)15(3)22(13)14(2)16-8-6-5-7-9-16/h5-9,12,14,18H,10-11H2,1-4H3,(H,21,23)(H,24,25). The van der Waals surface area contributed by atoms with Crippen LogP contribution in [0.4, 0.5) is 0 Å². The van der Waals surface area contributed by atoms with Crippen molar-refractivity contribution in [2.45, 2.75) is 39.3 Å². The summed E-state index contributed by atoms with van der Waals surface area (Å²) in [7, 11) is 1.50. The van der Waals surface area contributed by atoms with Crippen LogP contribution in [-0.4, -0.2) is 41.3 Å². The molecule has 0 saturated heterocycles. The number of rotatable bonds is 8. The molecular formula is C20H26N2O4. The Morgan fingerprint density at radius 3 is 2.46 bits per heavy atom. The Morgan fingerprint density at radius 2 is 1.88 bits per heavy atom. The van der Waals surface area contributed by atoms with Crippen LogP contribution in [-0.2, 0) is 9.53 Å². The maximum atomic E-state index is 12.6. The van der Waals surface area contributed by atoms with Crippen LogP contribution in [0.5, 0.6) is 0 Å². The molecule has 6 heteroatoms. The van der Waals surface area contributed by atoms with Gasteiger partial charge in [0.05, 0.1) is 11.6 Å². The van der Waals surface area contributed by atoms with E-state index in [0.29, 0.717) is 5.56 Å². The Kier molecular flexibility index (Phi) is 6.58. The molecule has 26 heavy (non-hydrogen) atoms. The second-order valence-electron chi connectivity index (χ2n) is 6.39. The summed E-state index contributed by atoms with van der Waals surface area (Å²) in [4.78, 5) is 24.0. The third-order valence-electron chi connectivity index (χ3n) is 4.61. The number of ether oxygens (including phenoxy) is 1. The maximum Gasteiger partial charge on any atom is 0.326 e. The van der Waals surface area contributed by atoms with Gasteiger partial charge in [0.15, 0.2) is 0 Å². The Hall–Kier alpha value is -2.60. The number of carboxylic acids is 1. The van der Waals surface area contributed by atoms with E-state index in [2.05, 4.69) is 28.9 Å². The van der Waals surface area contributed by atoms with Gasteiger partial charge in [0.2, 0.25) is 0 Å². The number of benzene rings is 1. The van der Waals surface area contributed by atoms with Crippen LogP contribution in [0.1, 0.15) is 46.7 Å². The van der Waals surface area contributed by atoms with Gasteiger partial charge < -0.3 is 19.7 Å². The van der Waals surface area contributed by atoms with Gasteiger partial charge in [-0.15, -0.1) is 0 Å². The molecule has 2 rings (SSSR count). The van der Waals surface area contributed by atoms with Gasteiger partial charge in [0.25, 0.3) is 5.91 Å². The molecule has 0 spiro atoms. The molecule has 0 bridgehead atoms. The fourth-order valence-electron chi connectivity index (χ4n) is 3.21. The molecule has 2 unspecified atom stereocenters. The van der Waals surface area contributed by atoms with Crippen molar-refractivity contribution in [3.05, 3.63) is 58.9 Å². The number of nitrogens with zero attached hydrogens (tertiary/aromatic N) is 1. The lowest BCUT2D eigenvalue weighted by Crippen LogP contribution is -2.41. The first-order valence-electron chi connectivity index (χ1n) is 8.62. The lowest BCUT2D eigenvalue weighted by Gasteiger charge is -2.19. The first-order chi connectivity index (χ1) is 12.4. The zero-order chi connectivity index (χ0) is 19.3. The molecule has 1 heterocycles. The van der Waals surface area contributed by atoms with Gasteiger partial charge in [-0.1, -0.05) is 30.3 Å². The lowest BCUT2D eigenvalue weighted by atomic mass is 10.1. The van der Waals surface area contributed by atoms with Crippen LogP contribution in [0.3, 0.4) is 0 Å². The molecule has 1 aromatic heterocycles. The minimum Gasteiger partial charge on any atom is -0.480 e. The largest absolute Gasteiger partial charge is 0.480 e. The number of carboxylic acid groups (broad SMARTS) is 1. The normalized spacial score (nSPS) is 13.2. The quantitative estimate of drug-likeness (QED) is 0.760. The number of hydrogen-bond donors (Lipinski definition) is 2. The zero-order valence-electron chi connectivity index (χ0n) is 15.7. The minimum atomic E-state index is -1.07. The summed E-state index contributed by atoms with van der Waals surface area (Å²) in [5, 5.41) is 11.9. The van der Waals surface area contributed by atoms with E-state index in [0.717, 1.165) is 17.0 Å². The summed E-state index contributed by atoms with van der Waals surface area (Å²) in [6.45, 7) is 6.17. The number of carbonyl (C=O) groups is 2. The Bertz CT molecular complexity index is 768. The smallest absolute Gasteiger partial charge is 0.326 e. The molecule has 0 aliphatic carbocycles. The molecule has 1 aromatic carbocycles. The van der Waals surface area contributed by atoms with E-state index in [1.165, 1.54) is 7.11 Å². The summed E-state index contributed by atoms with van der Waals surface area (Å²) in [5.41, 5.74) is 3.40. The van der Waals surface area contributed by atoms with Crippen LogP contribution < -0.4 is 5.32 Å². The first kappa shape index (κ1) is 19.7. The molecule has 0 radical (unpaired) electrons. The van der Waals surface area contributed by atoms with Gasteiger partial charge >= 0.3 is 5.97 Å². The number of methoxy groups -OCH3 is 1. The van der Waals surface area contributed by atoms with E-state index in [9.17, 15) is 14.7 Å². The Labute approximate surface area is 153 Å². The molecular weight excluding hydrogens is 332 g/mol. The third-order valence-corrected chi connectivity index (χ3v) is 4.61. The van der Waals surface area contributed by atoms with E-state index >= 15 is 0 Å². The number of nitrogens with one attached hydrogen (secondary N) is 1. The van der Waals surface area contributed by atoms with E-state index < -0.39 is 12.0 Å². The fourth-order valence-corrected chi connectivity index (χ4v) is 3.21. The van der Waals surface area contributed by atoms with Crippen LogP contribution >= 0.6 is 0 Å². The average molecular weight is 358 g/mol. The molecule has 140 valence electrons. The SMILES string of the molecule is COCCC(NC(=O)c1cc(C)n(C(C)c2ccccc2)c1C)C(=O)O.